The maximum Gasteiger partial charge on any atom is 0.356 e. The van der Waals surface area contributed by atoms with E-state index in [1.807, 2.05) is 24.3 Å². The minimum Gasteiger partial charge on any atom is -0.476 e. The van der Waals surface area contributed by atoms with Crippen molar-refractivity contribution in [3.63, 3.8) is 0 Å². The quantitative estimate of drug-likeness (QED) is 0.775. The fourth-order valence-corrected chi connectivity index (χ4v) is 2.28. The summed E-state index contributed by atoms with van der Waals surface area (Å²) in [6, 6.07) is 7.55. The number of carboxylic acids is 1. The van der Waals surface area contributed by atoms with Gasteiger partial charge in [0, 0.05) is 17.8 Å². The molecule has 1 aromatic carbocycles. The van der Waals surface area contributed by atoms with E-state index >= 15 is 0 Å². The zero-order valence-electron chi connectivity index (χ0n) is 10.8. The second kappa shape index (κ2) is 5.06. The van der Waals surface area contributed by atoms with Crippen molar-refractivity contribution in [2.24, 2.45) is 0 Å². The van der Waals surface area contributed by atoms with Gasteiger partial charge in [0.25, 0.3) is 0 Å². The van der Waals surface area contributed by atoms with Crippen LogP contribution in [0.3, 0.4) is 0 Å². The van der Waals surface area contributed by atoms with E-state index in [9.17, 15) is 4.79 Å². The number of aromatic carboxylic acids is 1. The predicted molar refractivity (Wildman–Crippen MR) is 79.5 cm³/mol. The lowest BCUT2D eigenvalue weighted by Gasteiger charge is -2.06. The first-order valence-electron chi connectivity index (χ1n) is 6.13. The Labute approximate surface area is 124 Å². The zero-order chi connectivity index (χ0) is 15.0. The minimum absolute atomic E-state index is 0.0713. The summed E-state index contributed by atoms with van der Waals surface area (Å²) in [5.41, 5.74) is 7.44. The number of hydrogen-bond acceptors (Lipinski definition) is 4. The summed E-state index contributed by atoms with van der Waals surface area (Å²) in [5.74, 6) is -0.938. The Morgan fingerprint density at radius 3 is 2.90 bits per heavy atom. The van der Waals surface area contributed by atoms with Crippen molar-refractivity contribution in [2.45, 2.75) is 6.54 Å². The van der Waals surface area contributed by atoms with E-state index in [-0.39, 0.29) is 11.6 Å². The lowest BCUT2D eigenvalue weighted by atomic mass is 10.1. The molecule has 0 saturated heterocycles. The molecule has 0 aliphatic heterocycles. The van der Waals surface area contributed by atoms with Crippen LogP contribution in [0.2, 0.25) is 5.02 Å². The van der Waals surface area contributed by atoms with Gasteiger partial charge in [0.15, 0.2) is 5.69 Å². The number of nitrogen functional groups attached to an aromatic ring is 1. The second-order valence-electron chi connectivity index (χ2n) is 4.60. The summed E-state index contributed by atoms with van der Waals surface area (Å²) in [6.45, 7) is 0.425. The van der Waals surface area contributed by atoms with E-state index in [4.69, 9.17) is 22.4 Å². The Hall–Kier alpha value is -2.60. The molecule has 0 amide bonds. The van der Waals surface area contributed by atoms with Crippen LogP contribution in [0.4, 0.5) is 5.95 Å². The molecule has 0 unspecified atom stereocenters. The van der Waals surface area contributed by atoms with E-state index in [2.05, 4.69) is 9.97 Å². The molecule has 7 heteroatoms. The predicted octanol–water partition coefficient (Wildman–Crippen LogP) is 2.41. The SMILES string of the molecule is Nc1nc(C(=O)O)cn1Cc1ccc2ncc(Cl)cc2c1. The highest BCUT2D eigenvalue weighted by Crippen LogP contribution is 2.19. The fraction of sp³-hybridized carbons (Fsp3) is 0.0714. The molecule has 0 radical (unpaired) electrons. The molecule has 2 heterocycles. The van der Waals surface area contributed by atoms with Gasteiger partial charge in [-0.15, -0.1) is 0 Å². The number of fused-ring (bicyclic) bond motifs is 1. The molecule has 21 heavy (non-hydrogen) atoms. The van der Waals surface area contributed by atoms with Gasteiger partial charge in [-0.05, 0) is 23.8 Å². The molecule has 0 aliphatic carbocycles. The number of rotatable bonds is 3. The molecule has 6 nitrogen and oxygen atoms in total. The van der Waals surface area contributed by atoms with Gasteiger partial charge >= 0.3 is 5.97 Å². The van der Waals surface area contributed by atoms with E-state index < -0.39 is 5.97 Å². The minimum atomic E-state index is -1.10. The van der Waals surface area contributed by atoms with Gasteiger partial charge in [-0.2, -0.15) is 0 Å². The van der Waals surface area contributed by atoms with E-state index in [1.54, 1.807) is 10.8 Å². The number of nitrogens with zero attached hydrogens (tertiary/aromatic N) is 3. The monoisotopic (exact) mass is 302 g/mol. The Morgan fingerprint density at radius 1 is 1.38 bits per heavy atom. The number of carbonyl (C=O) groups is 1. The number of hydrogen-bond donors (Lipinski definition) is 2. The van der Waals surface area contributed by atoms with Gasteiger partial charge in [0.2, 0.25) is 5.95 Å². The van der Waals surface area contributed by atoms with Crippen molar-refractivity contribution in [1.82, 2.24) is 14.5 Å². The number of benzene rings is 1. The Kier molecular flexibility index (Phi) is 3.23. The third kappa shape index (κ3) is 2.66. The molecule has 0 bridgehead atoms. The molecular formula is C14H11ClN4O2. The number of anilines is 1. The Balaban J connectivity index is 1.96. The van der Waals surface area contributed by atoms with Crippen LogP contribution in [0.15, 0.2) is 36.7 Å². The third-order valence-electron chi connectivity index (χ3n) is 3.09. The average molecular weight is 303 g/mol. The molecule has 2 aromatic heterocycles. The number of pyridine rings is 1. The van der Waals surface area contributed by atoms with Crippen LogP contribution in [0.5, 0.6) is 0 Å². The number of carboxylic acid groups (broad SMARTS) is 1. The van der Waals surface area contributed by atoms with E-state index in [1.165, 1.54) is 6.20 Å². The van der Waals surface area contributed by atoms with Crippen LogP contribution in [0.1, 0.15) is 16.1 Å². The van der Waals surface area contributed by atoms with Crippen molar-refractivity contribution in [1.29, 1.82) is 0 Å². The number of halogens is 1. The first kappa shape index (κ1) is 13.4. The molecule has 0 atom stereocenters. The highest BCUT2D eigenvalue weighted by atomic mass is 35.5. The number of aromatic nitrogens is 3. The topological polar surface area (TPSA) is 94.0 Å². The largest absolute Gasteiger partial charge is 0.476 e. The molecule has 3 rings (SSSR count). The van der Waals surface area contributed by atoms with Crippen molar-refractivity contribution >= 4 is 34.4 Å². The normalized spacial score (nSPS) is 10.9. The maximum atomic E-state index is 10.9. The summed E-state index contributed by atoms with van der Waals surface area (Å²) < 4.78 is 1.59. The van der Waals surface area contributed by atoms with Gasteiger partial charge < -0.3 is 15.4 Å². The molecule has 0 saturated carbocycles. The first-order chi connectivity index (χ1) is 10.0. The highest BCUT2D eigenvalue weighted by Gasteiger charge is 2.11. The van der Waals surface area contributed by atoms with Crippen LogP contribution in [-0.4, -0.2) is 25.6 Å². The summed E-state index contributed by atoms with van der Waals surface area (Å²) in [5, 5.41) is 10.4. The molecule has 0 fully saturated rings. The van der Waals surface area contributed by atoms with Gasteiger partial charge in [0.05, 0.1) is 17.1 Å². The van der Waals surface area contributed by atoms with Gasteiger partial charge in [-0.25, -0.2) is 9.78 Å². The van der Waals surface area contributed by atoms with Crippen LogP contribution in [0.25, 0.3) is 10.9 Å². The Morgan fingerprint density at radius 2 is 2.19 bits per heavy atom. The van der Waals surface area contributed by atoms with Crippen molar-refractivity contribution in [2.75, 3.05) is 5.73 Å². The average Bonchev–Trinajstić information content (AvgIpc) is 2.80. The van der Waals surface area contributed by atoms with Crippen molar-refractivity contribution in [3.8, 4) is 0 Å². The lowest BCUT2D eigenvalue weighted by molar-refractivity contribution is 0.0691. The van der Waals surface area contributed by atoms with Crippen LogP contribution < -0.4 is 5.73 Å². The molecule has 0 spiro atoms. The highest BCUT2D eigenvalue weighted by molar-refractivity contribution is 6.31. The van der Waals surface area contributed by atoms with Crippen molar-refractivity contribution < 1.29 is 9.90 Å². The van der Waals surface area contributed by atoms with Gasteiger partial charge in [0.1, 0.15) is 0 Å². The molecule has 106 valence electrons. The summed E-state index contributed by atoms with van der Waals surface area (Å²) in [4.78, 5) is 18.9. The fourth-order valence-electron chi connectivity index (χ4n) is 2.11. The molecular weight excluding hydrogens is 292 g/mol. The third-order valence-corrected chi connectivity index (χ3v) is 3.30. The molecule has 3 N–H and O–H groups in total. The number of nitrogens with two attached hydrogens (primary N) is 1. The summed E-state index contributed by atoms with van der Waals surface area (Å²) in [6.07, 6.45) is 3.01. The zero-order valence-corrected chi connectivity index (χ0v) is 11.6. The van der Waals surface area contributed by atoms with Crippen LogP contribution >= 0.6 is 11.6 Å². The first-order valence-corrected chi connectivity index (χ1v) is 6.51. The Bertz CT molecular complexity index is 844. The number of imidazole rings is 1. The van der Waals surface area contributed by atoms with Crippen LogP contribution in [0, 0.1) is 0 Å². The lowest BCUT2D eigenvalue weighted by Crippen LogP contribution is -2.03. The maximum absolute atomic E-state index is 10.9. The second-order valence-corrected chi connectivity index (χ2v) is 5.03. The summed E-state index contributed by atoms with van der Waals surface area (Å²) in [7, 11) is 0. The molecule has 0 aliphatic rings. The standard InChI is InChI=1S/C14H11ClN4O2/c15-10-4-9-3-8(1-2-11(9)17-5-10)6-19-7-12(13(20)21)18-14(19)16/h1-5,7H,6H2,(H2,16,18)(H,20,21). The van der Waals surface area contributed by atoms with E-state index in [0.29, 0.717) is 11.6 Å². The van der Waals surface area contributed by atoms with Crippen molar-refractivity contribution in [3.05, 3.63) is 52.9 Å². The van der Waals surface area contributed by atoms with Gasteiger partial charge in [-0.1, -0.05) is 17.7 Å². The van der Waals surface area contributed by atoms with Gasteiger partial charge in [-0.3, -0.25) is 4.98 Å². The molecule has 3 aromatic rings. The smallest absolute Gasteiger partial charge is 0.356 e. The summed E-state index contributed by atoms with van der Waals surface area (Å²) >= 11 is 5.93. The van der Waals surface area contributed by atoms with Crippen LogP contribution in [-0.2, 0) is 6.54 Å². The van der Waals surface area contributed by atoms with E-state index in [0.717, 1.165) is 16.5 Å².